The monoisotopic (exact) mass is 386 g/mol. The van der Waals surface area contributed by atoms with Crippen LogP contribution in [-0.2, 0) is 4.79 Å². The number of thiophene rings is 1. The van der Waals surface area contributed by atoms with Crippen LogP contribution in [0.1, 0.15) is 40.1 Å². The molecule has 0 aliphatic carbocycles. The molecule has 0 unspecified atom stereocenters. The first-order chi connectivity index (χ1) is 12.4. The van der Waals surface area contributed by atoms with Crippen molar-refractivity contribution in [3.05, 3.63) is 63.0 Å². The topological polar surface area (TPSA) is 80.4 Å². The summed E-state index contributed by atoms with van der Waals surface area (Å²) in [6.45, 7) is 3.90. The summed E-state index contributed by atoms with van der Waals surface area (Å²) in [5.74, 6) is 0.339. The summed E-state index contributed by atoms with van der Waals surface area (Å²) >= 11 is 7.64. The van der Waals surface area contributed by atoms with Crippen molar-refractivity contribution in [3.63, 3.8) is 0 Å². The molecule has 4 rings (SSSR count). The minimum absolute atomic E-state index is 0.150. The highest BCUT2D eigenvalue weighted by Crippen LogP contribution is 2.36. The van der Waals surface area contributed by atoms with E-state index >= 15 is 0 Å². The predicted octanol–water partition coefficient (Wildman–Crippen LogP) is 3.97. The lowest BCUT2D eigenvalue weighted by atomic mass is 10.0. The number of aliphatic carboxylic acids is 1. The fourth-order valence-corrected chi connectivity index (χ4v) is 4.30. The summed E-state index contributed by atoms with van der Waals surface area (Å²) in [5.41, 5.74) is 2.59. The molecule has 26 heavy (non-hydrogen) atoms. The van der Waals surface area contributed by atoms with Crippen molar-refractivity contribution >= 4 is 34.6 Å². The van der Waals surface area contributed by atoms with Crippen molar-refractivity contribution in [2.24, 2.45) is 4.99 Å². The highest BCUT2D eigenvalue weighted by atomic mass is 35.5. The van der Waals surface area contributed by atoms with E-state index in [0.717, 1.165) is 26.7 Å². The van der Waals surface area contributed by atoms with Crippen LogP contribution in [0.25, 0.3) is 5.00 Å². The molecule has 0 saturated carbocycles. The van der Waals surface area contributed by atoms with Gasteiger partial charge in [0, 0.05) is 21.0 Å². The third-order valence-electron chi connectivity index (χ3n) is 4.21. The molecule has 1 aliphatic rings. The molecule has 0 amide bonds. The largest absolute Gasteiger partial charge is 0.481 e. The van der Waals surface area contributed by atoms with E-state index in [1.54, 1.807) is 23.5 Å². The molecule has 3 aromatic rings. The van der Waals surface area contributed by atoms with Crippen LogP contribution in [0, 0.1) is 13.8 Å². The van der Waals surface area contributed by atoms with Crippen molar-refractivity contribution in [2.45, 2.75) is 26.3 Å². The molecule has 0 fully saturated rings. The quantitative estimate of drug-likeness (QED) is 0.738. The normalized spacial score (nSPS) is 15.8. The molecule has 0 bridgehead atoms. The number of aromatic nitrogens is 3. The van der Waals surface area contributed by atoms with Gasteiger partial charge in [0.15, 0.2) is 5.82 Å². The number of carbonyl (C=O) groups is 1. The van der Waals surface area contributed by atoms with E-state index in [0.29, 0.717) is 16.7 Å². The number of aryl methyl sites for hydroxylation is 2. The zero-order chi connectivity index (χ0) is 18.4. The summed E-state index contributed by atoms with van der Waals surface area (Å²) in [7, 11) is 0. The molecule has 0 saturated heterocycles. The van der Waals surface area contributed by atoms with Crippen molar-refractivity contribution in [2.75, 3.05) is 0 Å². The predicted molar refractivity (Wildman–Crippen MR) is 101 cm³/mol. The Labute approximate surface area is 158 Å². The highest BCUT2D eigenvalue weighted by molar-refractivity contribution is 7.15. The number of halogens is 1. The Balaban J connectivity index is 1.99. The lowest BCUT2D eigenvalue weighted by Crippen LogP contribution is -2.10. The Bertz CT molecular complexity index is 1040. The molecule has 8 heteroatoms. The molecular formula is C18H15ClN4O2S. The molecule has 1 aromatic carbocycles. The number of rotatable bonds is 3. The lowest BCUT2D eigenvalue weighted by molar-refractivity contribution is -0.137. The van der Waals surface area contributed by atoms with Crippen LogP contribution in [0.15, 0.2) is 35.3 Å². The van der Waals surface area contributed by atoms with Gasteiger partial charge in [-0.1, -0.05) is 23.7 Å². The maximum Gasteiger partial charge on any atom is 0.306 e. The fourth-order valence-electron chi connectivity index (χ4n) is 3.11. The van der Waals surface area contributed by atoms with E-state index < -0.39 is 12.0 Å². The van der Waals surface area contributed by atoms with E-state index in [1.807, 2.05) is 30.5 Å². The Morgan fingerprint density at radius 2 is 2.00 bits per heavy atom. The van der Waals surface area contributed by atoms with E-state index in [-0.39, 0.29) is 6.42 Å². The second-order valence-corrected chi connectivity index (χ2v) is 7.79. The minimum atomic E-state index is -0.928. The summed E-state index contributed by atoms with van der Waals surface area (Å²) in [5, 5.41) is 19.3. The number of carboxylic acid groups (broad SMARTS) is 1. The number of carboxylic acids is 1. The van der Waals surface area contributed by atoms with Gasteiger partial charge >= 0.3 is 5.97 Å². The number of hydrogen-bond donors (Lipinski definition) is 1. The molecule has 1 N–H and O–H groups in total. The van der Waals surface area contributed by atoms with Crippen molar-refractivity contribution in [1.29, 1.82) is 0 Å². The van der Waals surface area contributed by atoms with Crippen molar-refractivity contribution in [3.8, 4) is 5.00 Å². The van der Waals surface area contributed by atoms with Crippen LogP contribution in [0.4, 0.5) is 0 Å². The first-order valence-corrected chi connectivity index (χ1v) is 9.22. The number of aliphatic imine (C=N–C) groups is 1. The third-order valence-corrected chi connectivity index (χ3v) is 5.50. The number of fused-ring (bicyclic) bond motifs is 3. The third kappa shape index (κ3) is 2.83. The minimum Gasteiger partial charge on any atom is -0.481 e. The van der Waals surface area contributed by atoms with E-state index in [1.165, 1.54) is 0 Å². The van der Waals surface area contributed by atoms with Gasteiger partial charge in [0.1, 0.15) is 16.9 Å². The van der Waals surface area contributed by atoms with Crippen LogP contribution in [0.3, 0.4) is 0 Å². The van der Waals surface area contributed by atoms with Gasteiger partial charge in [-0.3, -0.25) is 14.4 Å². The Kier molecular flexibility index (Phi) is 4.13. The number of benzene rings is 1. The first-order valence-electron chi connectivity index (χ1n) is 8.02. The summed E-state index contributed by atoms with van der Waals surface area (Å²) in [4.78, 5) is 17.3. The summed E-state index contributed by atoms with van der Waals surface area (Å²) in [6.07, 6.45) is -0.150. The van der Waals surface area contributed by atoms with Gasteiger partial charge < -0.3 is 5.11 Å². The average Bonchev–Trinajstić information content (AvgIpc) is 3.11. The first kappa shape index (κ1) is 16.9. The fraction of sp³-hybridized carbons (Fsp3) is 0.222. The summed E-state index contributed by atoms with van der Waals surface area (Å²) in [6, 6.07) is 8.87. The van der Waals surface area contributed by atoms with Gasteiger partial charge in [-0.2, -0.15) is 0 Å². The van der Waals surface area contributed by atoms with E-state index in [9.17, 15) is 9.90 Å². The lowest BCUT2D eigenvalue weighted by Gasteiger charge is -2.10. The Morgan fingerprint density at radius 3 is 2.69 bits per heavy atom. The van der Waals surface area contributed by atoms with Crippen LogP contribution < -0.4 is 0 Å². The summed E-state index contributed by atoms with van der Waals surface area (Å²) < 4.78 is 1.92. The average molecular weight is 387 g/mol. The zero-order valence-electron chi connectivity index (χ0n) is 14.1. The number of hydrogen-bond acceptors (Lipinski definition) is 5. The van der Waals surface area contributed by atoms with E-state index in [4.69, 9.17) is 16.6 Å². The van der Waals surface area contributed by atoms with Crippen LogP contribution in [0.5, 0.6) is 0 Å². The van der Waals surface area contributed by atoms with Gasteiger partial charge in [0.25, 0.3) is 0 Å². The standard InChI is InChI=1S/C18H15ClN4O2S/c1-9-7-13-16(11-3-5-12(19)6-4-11)20-14(8-15(24)25)17-22-21-10(2)23(17)18(13)26-9/h3-7,14H,8H2,1-2H3,(H,24,25)/t14-/m0/s1. The van der Waals surface area contributed by atoms with Gasteiger partial charge in [0.2, 0.25) is 0 Å². The highest BCUT2D eigenvalue weighted by Gasteiger charge is 2.30. The van der Waals surface area contributed by atoms with Crippen LogP contribution in [0.2, 0.25) is 5.02 Å². The Morgan fingerprint density at radius 1 is 1.27 bits per heavy atom. The van der Waals surface area contributed by atoms with Crippen LogP contribution in [-0.4, -0.2) is 31.6 Å². The van der Waals surface area contributed by atoms with Gasteiger partial charge in [-0.15, -0.1) is 21.5 Å². The molecule has 3 heterocycles. The molecule has 132 valence electrons. The maximum absolute atomic E-state index is 11.4. The molecule has 0 spiro atoms. The molecule has 0 radical (unpaired) electrons. The Hall–Kier alpha value is -2.51. The van der Waals surface area contributed by atoms with E-state index in [2.05, 4.69) is 16.3 Å². The second-order valence-electron chi connectivity index (χ2n) is 6.11. The smallest absolute Gasteiger partial charge is 0.306 e. The zero-order valence-corrected chi connectivity index (χ0v) is 15.7. The SMILES string of the molecule is Cc1cc2c(s1)-n1c(C)nnc1[C@H](CC(=O)O)N=C2c1ccc(Cl)cc1. The number of nitrogens with zero attached hydrogens (tertiary/aromatic N) is 4. The molecule has 6 nitrogen and oxygen atoms in total. The molecular weight excluding hydrogens is 372 g/mol. The second kappa shape index (κ2) is 6.34. The van der Waals surface area contributed by atoms with Crippen molar-refractivity contribution in [1.82, 2.24) is 14.8 Å². The van der Waals surface area contributed by atoms with Crippen LogP contribution >= 0.6 is 22.9 Å². The van der Waals surface area contributed by atoms with Gasteiger partial charge in [0.05, 0.1) is 12.1 Å². The molecule has 1 aliphatic heterocycles. The van der Waals surface area contributed by atoms with Gasteiger partial charge in [-0.25, -0.2) is 0 Å². The van der Waals surface area contributed by atoms with Crippen molar-refractivity contribution < 1.29 is 9.90 Å². The molecule has 2 aromatic heterocycles. The maximum atomic E-state index is 11.4. The molecule has 1 atom stereocenters. The van der Waals surface area contributed by atoms with Gasteiger partial charge in [-0.05, 0) is 32.0 Å².